The fourth-order valence-corrected chi connectivity index (χ4v) is 5.53. The Morgan fingerprint density at radius 2 is 1.74 bits per heavy atom. The zero-order valence-corrected chi connectivity index (χ0v) is 21.8. The first-order valence-electron chi connectivity index (χ1n) is 13.6. The Kier molecular flexibility index (Phi) is 7.25. The molecular formula is C32H34N6. The van der Waals surface area contributed by atoms with Gasteiger partial charge < -0.3 is 10.3 Å². The van der Waals surface area contributed by atoms with Crippen molar-refractivity contribution in [2.24, 2.45) is 0 Å². The monoisotopic (exact) mass is 502 g/mol. The van der Waals surface area contributed by atoms with E-state index in [4.69, 9.17) is 9.97 Å². The summed E-state index contributed by atoms with van der Waals surface area (Å²) in [6, 6.07) is 26.3. The number of aryl methyl sites for hydroxylation is 1. The summed E-state index contributed by atoms with van der Waals surface area (Å²) in [6.07, 6.45) is 9.03. The topological polar surface area (TPSA) is 69.7 Å². The molecule has 0 saturated heterocycles. The highest BCUT2D eigenvalue weighted by Gasteiger charge is 2.28. The Labute approximate surface area is 224 Å². The first-order valence-corrected chi connectivity index (χ1v) is 13.6. The number of fused-ring (bicyclic) bond motifs is 2. The summed E-state index contributed by atoms with van der Waals surface area (Å²) in [7, 11) is 0. The van der Waals surface area contributed by atoms with Crippen LogP contribution in [-0.4, -0.2) is 24.8 Å². The van der Waals surface area contributed by atoms with Gasteiger partial charge in [0.1, 0.15) is 5.82 Å². The second-order valence-electron chi connectivity index (χ2n) is 10.3. The van der Waals surface area contributed by atoms with E-state index in [2.05, 4.69) is 93.8 Å². The molecule has 2 N–H and O–H groups in total. The van der Waals surface area contributed by atoms with Crippen molar-refractivity contribution in [3.63, 3.8) is 0 Å². The summed E-state index contributed by atoms with van der Waals surface area (Å²) < 4.78 is 0. The number of benzene rings is 2. The predicted molar refractivity (Wildman–Crippen MR) is 151 cm³/mol. The summed E-state index contributed by atoms with van der Waals surface area (Å²) in [6.45, 7) is 4.61. The maximum Gasteiger partial charge on any atom is 0.121 e. The van der Waals surface area contributed by atoms with Gasteiger partial charge in [0, 0.05) is 37.7 Å². The number of rotatable bonds is 9. The number of imidazole rings is 1. The molecule has 0 bridgehead atoms. The molecule has 6 rings (SSSR count). The minimum absolute atomic E-state index is 0.274. The van der Waals surface area contributed by atoms with Crippen molar-refractivity contribution in [3.8, 4) is 0 Å². The van der Waals surface area contributed by atoms with E-state index in [0.717, 1.165) is 49.3 Å². The van der Waals surface area contributed by atoms with Gasteiger partial charge in [-0.15, -0.1) is 0 Å². The average molecular weight is 503 g/mol. The van der Waals surface area contributed by atoms with Crippen LogP contribution in [0.15, 0.2) is 91.4 Å². The quantitative estimate of drug-likeness (QED) is 0.248. The molecule has 0 aliphatic heterocycles. The fraction of sp³-hybridized carbons (Fsp3) is 0.281. The van der Waals surface area contributed by atoms with Crippen molar-refractivity contribution in [2.75, 3.05) is 0 Å². The molecule has 38 heavy (non-hydrogen) atoms. The van der Waals surface area contributed by atoms with Gasteiger partial charge in [-0.25, -0.2) is 4.98 Å². The van der Waals surface area contributed by atoms with Crippen LogP contribution < -0.4 is 5.32 Å². The second-order valence-corrected chi connectivity index (χ2v) is 10.3. The number of hydrogen-bond donors (Lipinski definition) is 2. The molecule has 6 nitrogen and oxygen atoms in total. The third-order valence-corrected chi connectivity index (χ3v) is 7.62. The Morgan fingerprint density at radius 3 is 2.58 bits per heavy atom. The van der Waals surface area contributed by atoms with Gasteiger partial charge in [-0.1, -0.05) is 42.5 Å². The van der Waals surface area contributed by atoms with E-state index in [1.165, 1.54) is 34.4 Å². The van der Waals surface area contributed by atoms with Crippen LogP contribution in [0.2, 0.25) is 0 Å². The van der Waals surface area contributed by atoms with Gasteiger partial charge >= 0.3 is 0 Å². The minimum Gasteiger partial charge on any atom is -0.341 e. The van der Waals surface area contributed by atoms with Crippen LogP contribution in [0.3, 0.4) is 0 Å². The molecule has 0 amide bonds. The Balaban J connectivity index is 1.20. The lowest BCUT2D eigenvalue weighted by atomic mass is 9.90. The van der Waals surface area contributed by atoms with E-state index in [1.54, 1.807) is 0 Å². The number of nitrogens with one attached hydrogen (secondary N) is 2. The van der Waals surface area contributed by atoms with Crippen molar-refractivity contribution in [2.45, 2.75) is 57.9 Å². The van der Waals surface area contributed by atoms with Crippen LogP contribution in [0.1, 0.15) is 65.6 Å². The molecule has 3 aromatic heterocycles. The van der Waals surface area contributed by atoms with Crippen molar-refractivity contribution < 1.29 is 0 Å². The first-order chi connectivity index (χ1) is 18.7. The number of nitrogens with zero attached hydrogens (tertiary/aromatic N) is 4. The van der Waals surface area contributed by atoms with Crippen LogP contribution in [-0.2, 0) is 26.1 Å². The summed E-state index contributed by atoms with van der Waals surface area (Å²) in [4.78, 5) is 19.9. The zero-order valence-electron chi connectivity index (χ0n) is 21.8. The number of aromatic nitrogens is 4. The molecule has 6 heteroatoms. The number of hydrogen-bond acceptors (Lipinski definition) is 5. The Hall–Kier alpha value is -3.87. The molecule has 2 unspecified atom stereocenters. The minimum atomic E-state index is 0.274. The first kappa shape index (κ1) is 24.5. The lowest BCUT2D eigenvalue weighted by Gasteiger charge is -2.34. The summed E-state index contributed by atoms with van der Waals surface area (Å²) >= 11 is 0. The van der Waals surface area contributed by atoms with Crippen LogP contribution in [0.5, 0.6) is 0 Å². The van der Waals surface area contributed by atoms with E-state index in [9.17, 15) is 0 Å². The maximum absolute atomic E-state index is 4.90. The normalized spacial score (nSPS) is 16.0. The van der Waals surface area contributed by atoms with Crippen molar-refractivity contribution in [1.82, 2.24) is 30.2 Å². The van der Waals surface area contributed by atoms with E-state index in [1.807, 2.05) is 24.7 Å². The largest absolute Gasteiger partial charge is 0.341 e. The van der Waals surface area contributed by atoms with Crippen molar-refractivity contribution >= 4 is 11.0 Å². The van der Waals surface area contributed by atoms with Crippen LogP contribution >= 0.6 is 0 Å². The lowest BCUT2D eigenvalue weighted by Crippen LogP contribution is -2.31. The Morgan fingerprint density at radius 1 is 0.921 bits per heavy atom. The molecule has 0 radical (unpaired) electrons. The van der Waals surface area contributed by atoms with Crippen LogP contribution in [0.25, 0.3) is 11.0 Å². The summed E-state index contributed by atoms with van der Waals surface area (Å²) in [5.41, 5.74) is 8.53. The number of para-hydroxylation sites is 2. The molecule has 1 aliphatic rings. The van der Waals surface area contributed by atoms with Gasteiger partial charge in [-0.2, -0.15) is 0 Å². The molecule has 2 aromatic carbocycles. The molecular weight excluding hydrogens is 468 g/mol. The number of aromatic amines is 1. The standard InChI is InChI=1S/C32H34N6/c1-23(26-15-18-33-19-16-26)35-20-24-11-13-25(14-12-24)21-38(22-31-36-28-8-2-3-9-29(28)37-31)30-10-4-6-27-7-5-17-34-32(27)30/h2-3,5,7-9,11-19,23,30,35H,4,6,10,20-22H2,1H3,(H,36,37). The average Bonchev–Trinajstić information content (AvgIpc) is 3.39. The summed E-state index contributed by atoms with van der Waals surface area (Å²) in [5, 5.41) is 3.62. The molecule has 0 fully saturated rings. The van der Waals surface area contributed by atoms with Gasteiger partial charge in [0.25, 0.3) is 0 Å². The summed E-state index contributed by atoms with van der Waals surface area (Å²) in [5.74, 6) is 1.00. The second kappa shape index (κ2) is 11.3. The van der Waals surface area contributed by atoms with Gasteiger partial charge in [0.05, 0.1) is 29.3 Å². The molecule has 2 atom stereocenters. The highest BCUT2D eigenvalue weighted by molar-refractivity contribution is 5.74. The molecule has 1 aliphatic carbocycles. The van der Waals surface area contributed by atoms with Crippen LogP contribution in [0.4, 0.5) is 0 Å². The number of pyridine rings is 2. The van der Waals surface area contributed by atoms with Crippen molar-refractivity contribution in [1.29, 1.82) is 0 Å². The molecule has 5 aromatic rings. The predicted octanol–water partition coefficient (Wildman–Crippen LogP) is 6.28. The van der Waals surface area contributed by atoms with Crippen molar-refractivity contribution in [3.05, 3.63) is 125 Å². The van der Waals surface area contributed by atoms with E-state index >= 15 is 0 Å². The SMILES string of the molecule is CC(NCc1ccc(CN(Cc2nc3ccccc3[nH]2)C2CCCc3cccnc32)cc1)c1ccncc1. The van der Waals surface area contributed by atoms with Gasteiger partial charge in [-0.05, 0) is 78.8 Å². The fourth-order valence-electron chi connectivity index (χ4n) is 5.53. The third-order valence-electron chi connectivity index (χ3n) is 7.62. The van der Waals surface area contributed by atoms with E-state index in [0.29, 0.717) is 0 Å². The number of H-pyrrole nitrogens is 1. The van der Waals surface area contributed by atoms with Crippen LogP contribution in [0, 0.1) is 0 Å². The molecule has 3 heterocycles. The Bertz CT molecular complexity index is 1440. The lowest BCUT2D eigenvalue weighted by molar-refractivity contribution is 0.153. The maximum atomic E-state index is 4.90. The van der Waals surface area contributed by atoms with Gasteiger partial charge in [-0.3, -0.25) is 14.9 Å². The highest BCUT2D eigenvalue weighted by Crippen LogP contribution is 2.34. The molecule has 0 spiro atoms. The van der Waals surface area contributed by atoms with E-state index in [-0.39, 0.29) is 12.1 Å². The van der Waals surface area contributed by atoms with Gasteiger partial charge in [0.15, 0.2) is 0 Å². The highest BCUT2D eigenvalue weighted by atomic mass is 15.2. The third kappa shape index (κ3) is 5.52. The smallest absolute Gasteiger partial charge is 0.121 e. The van der Waals surface area contributed by atoms with Gasteiger partial charge in [0.2, 0.25) is 0 Å². The zero-order chi connectivity index (χ0) is 25.7. The molecule has 0 saturated carbocycles. The molecule has 192 valence electrons. The van der Waals surface area contributed by atoms with E-state index < -0.39 is 0 Å².